The van der Waals surface area contributed by atoms with Crippen molar-refractivity contribution in [2.75, 3.05) is 13.1 Å². The number of fused-ring (bicyclic) bond motifs is 1. The van der Waals surface area contributed by atoms with Gasteiger partial charge in [0.05, 0.1) is 5.52 Å². The summed E-state index contributed by atoms with van der Waals surface area (Å²) in [6, 6.07) is 3.37. The average molecular weight is 261 g/mol. The molecule has 1 fully saturated rings. The minimum Gasteiger partial charge on any atom is -0.351 e. The number of carbonyl (C=O) groups is 1. The van der Waals surface area contributed by atoms with Crippen LogP contribution in [-0.2, 0) is 0 Å². The maximum atomic E-state index is 12.0. The highest BCUT2D eigenvalue weighted by atomic mass is 16.2. The third-order valence-corrected chi connectivity index (χ3v) is 3.63. The molecule has 0 saturated carbocycles. The first kappa shape index (κ1) is 11.8. The van der Waals surface area contributed by atoms with Crippen LogP contribution < -0.4 is 11.4 Å². The number of piperidine rings is 1. The van der Waals surface area contributed by atoms with E-state index in [1.54, 1.807) is 15.7 Å². The molecule has 19 heavy (non-hydrogen) atoms. The summed E-state index contributed by atoms with van der Waals surface area (Å²) in [5.41, 5.74) is 6.52. The predicted octanol–water partition coefficient (Wildman–Crippen LogP) is 0.440. The van der Waals surface area contributed by atoms with Crippen LogP contribution >= 0.6 is 0 Å². The molecule has 0 unspecified atom stereocenters. The molecule has 0 aliphatic carbocycles. The molecule has 1 aliphatic heterocycles. The van der Waals surface area contributed by atoms with Crippen molar-refractivity contribution in [1.29, 1.82) is 0 Å². The summed E-state index contributed by atoms with van der Waals surface area (Å²) >= 11 is 0. The number of H-pyrrole nitrogens is 1. The van der Waals surface area contributed by atoms with E-state index in [0.29, 0.717) is 18.7 Å². The molecule has 3 heterocycles. The van der Waals surface area contributed by atoms with E-state index < -0.39 is 6.03 Å². The second kappa shape index (κ2) is 4.42. The van der Waals surface area contributed by atoms with E-state index in [2.05, 4.69) is 9.97 Å². The smallest absolute Gasteiger partial charge is 0.327 e. The van der Waals surface area contributed by atoms with Crippen molar-refractivity contribution >= 4 is 17.2 Å². The lowest BCUT2D eigenvalue weighted by Gasteiger charge is -2.31. The molecular formula is C12H15N5O2. The molecule has 2 aromatic rings. The molecule has 7 heteroatoms. The zero-order valence-corrected chi connectivity index (χ0v) is 10.4. The summed E-state index contributed by atoms with van der Waals surface area (Å²) < 4.78 is 1.74. The lowest BCUT2D eigenvalue weighted by molar-refractivity contribution is 0.180. The van der Waals surface area contributed by atoms with Crippen molar-refractivity contribution in [2.24, 2.45) is 5.73 Å². The summed E-state index contributed by atoms with van der Waals surface area (Å²) in [6.45, 7) is 1.17. The molecule has 3 rings (SSSR count). The van der Waals surface area contributed by atoms with Gasteiger partial charge in [0.15, 0.2) is 5.65 Å². The largest absolute Gasteiger partial charge is 0.351 e. The van der Waals surface area contributed by atoms with Crippen molar-refractivity contribution in [2.45, 2.75) is 18.9 Å². The number of imidazole rings is 1. The number of nitrogens with one attached hydrogen (secondary N) is 1. The molecule has 100 valence electrons. The Morgan fingerprint density at radius 3 is 2.84 bits per heavy atom. The maximum absolute atomic E-state index is 12.0. The first-order valence-electron chi connectivity index (χ1n) is 6.26. The SMILES string of the molecule is NC(=O)N1CCC(n2c(=O)[nH]c3ncccc32)CC1. The summed E-state index contributed by atoms with van der Waals surface area (Å²) in [5.74, 6) is 0. The topological polar surface area (TPSA) is 97.0 Å². The molecule has 3 N–H and O–H groups in total. The van der Waals surface area contributed by atoms with Gasteiger partial charge in [-0.2, -0.15) is 0 Å². The molecule has 0 bridgehead atoms. The molecule has 7 nitrogen and oxygen atoms in total. The van der Waals surface area contributed by atoms with Gasteiger partial charge in [-0.05, 0) is 25.0 Å². The highest BCUT2D eigenvalue weighted by Gasteiger charge is 2.24. The Morgan fingerprint density at radius 2 is 2.16 bits per heavy atom. The number of hydrogen-bond acceptors (Lipinski definition) is 3. The van der Waals surface area contributed by atoms with E-state index in [0.717, 1.165) is 18.4 Å². The number of rotatable bonds is 1. The first-order valence-corrected chi connectivity index (χ1v) is 6.26. The van der Waals surface area contributed by atoms with Crippen LogP contribution in [0.15, 0.2) is 23.1 Å². The van der Waals surface area contributed by atoms with Crippen LogP contribution in [-0.4, -0.2) is 38.6 Å². The van der Waals surface area contributed by atoms with Gasteiger partial charge in [0.2, 0.25) is 0 Å². The van der Waals surface area contributed by atoms with Crippen LogP contribution in [0.3, 0.4) is 0 Å². The fourth-order valence-corrected chi connectivity index (χ4v) is 2.67. The third-order valence-electron chi connectivity index (χ3n) is 3.63. The predicted molar refractivity (Wildman–Crippen MR) is 69.8 cm³/mol. The molecule has 2 amide bonds. The first-order chi connectivity index (χ1) is 9.16. The van der Waals surface area contributed by atoms with Crippen LogP contribution in [0.2, 0.25) is 0 Å². The maximum Gasteiger partial charge on any atom is 0.327 e. The standard InChI is InChI=1S/C12H15N5O2/c13-11(18)16-6-3-8(4-7-16)17-9-2-1-5-14-10(9)15-12(17)19/h1-2,5,8H,3-4,6-7H2,(H2,13,18)(H,14,15,19). The van der Waals surface area contributed by atoms with Gasteiger partial charge in [-0.25, -0.2) is 14.6 Å². The number of aromatic amines is 1. The van der Waals surface area contributed by atoms with Crippen LogP contribution in [0, 0.1) is 0 Å². The molecule has 0 radical (unpaired) electrons. The minimum absolute atomic E-state index is 0.0843. The monoisotopic (exact) mass is 261 g/mol. The molecule has 1 saturated heterocycles. The van der Waals surface area contributed by atoms with E-state index >= 15 is 0 Å². The number of hydrogen-bond donors (Lipinski definition) is 2. The Morgan fingerprint density at radius 1 is 1.42 bits per heavy atom. The summed E-state index contributed by atoms with van der Waals surface area (Å²) in [6.07, 6.45) is 3.10. The van der Waals surface area contributed by atoms with Gasteiger partial charge in [-0.1, -0.05) is 0 Å². The number of amides is 2. The van der Waals surface area contributed by atoms with E-state index in [-0.39, 0.29) is 11.7 Å². The van der Waals surface area contributed by atoms with Gasteiger partial charge in [-0.15, -0.1) is 0 Å². The number of carbonyl (C=O) groups excluding carboxylic acids is 1. The molecule has 0 spiro atoms. The lowest BCUT2D eigenvalue weighted by Crippen LogP contribution is -2.43. The lowest BCUT2D eigenvalue weighted by atomic mass is 10.1. The normalized spacial score (nSPS) is 16.9. The van der Waals surface area contributed by atoms with E-state index in [4.69, 9.17) is 5.73 Å². The van der Waals surface area contributed by atoms with Crippen LogP contribution in [0.25, 0.3) is 11.2 Å². The van der Waals surface area contributed by atoms with Crippen LogP contribution in [0.1, 0.15) is 18.9 Å². The average Bonchev–Trinajstić information content (AvgIpc) is 2.74. The third kappa shape index (κ3) is 1.96. The highest BCUT2D eigenvalue weighted by molar-refractivity contribution is 5.72. The summed E-state index contributed by atoms with van der Waals surface area (Å²) in [5, 5.41) is 0. The molecule has 0 atom stereocenters. The Bertz CT molecular complexity index is 666. The zero-order valence-electron chi connectivity index (χ0n) is 10.4. The number of likely N-dealkylation sites (tertiary alicyclic amines) is 1. The van der Waals surface area contributed by atoms with Crippen LogP contribution in [0.5, 0.6) is 0 Å². The molecule has 2 aromatic heterocycles. The Balaban J connectivity index is 1.92. The Hall–Kier alpha value is -2.31. The van der Waals surface area contributed by atoms with E-state index in [9.17, 15) is 9.59 Å². The zero-order chi connectivity index (χ0) is 13.4. The minimum atomic E-state index is -0.397. The fraction of sp³-hybridized carbons (Fsp3) is 0.417. The van der Waals surface area contributed by atoms with Gasteiger partial charge in [0, 0.05) is 25.3 Å². The van der Waals surface area contributed by atoms with E-state index in [1.807, 2.05) is 12.1 Å². The van der Waals surface area contributed by atoms with E-state index in [1.165, 1.54) is 0 Å². The van der Waals surface area contributed by atoms with Crippen molar-refractivity contribution in [3.63, 3.8) is 0 Å². The van der Waals surface area contributed by atoms with Gasteiger partial charge < -0.3 is 10.6 Å². The number of nitrogens with zero attached hydrogens (tertiary/aromatic N) is 3. The number of pyridine rings is 1. The number of nitrogens with two attached hydrogens (primary N) is 1. The number of aromatic nitrogens is 3. The number of urea groups is 1. The van der Waals surface area contributed by atoms with Crippen molar-refractivity contribution in [3.8, 4) is 0 Å². The van der Waals surface area contributed by atoms with Gasteiger partial charge >= 0.3 is 11.7 Å². The van der Waals surface area contributed by atoms with Gasteiger partial charge in [0.25, 0.3) is 0 Å². The summed E-state index contributed by atoms with van der Waals surface area (Å²) in [4.78, 5) is 31.6. The van der Waals surface area contributed by atoms with Crippen LogP contribution in [0.4, 0.5) is 4.79 Å². The fourth-order valence-electron chi connectivity index (χ4n) is 2.67. The van der Waals surface area contributed by atoms with Gasteiger partial charge in [0.1, 0.15) is 0 Å². The Labute approximate surface area is 109 Å². The molecule has 1 aliphatic rings. The van der Waals surface area contributed by atoms with Gasteiger partial charge in [-0.3, -0.25) is 9.55 Å². The van der Waals surface area contributed by atoms with Crippen molar-refractivity contribution < 1.29 is 4.79 Å². The quantitative estimate of drug-likeness (QED) is 0.779. The second-order valence-corrected chi connectivity index (χ2v) is 4.73. The Kier molecular flexibility index (Phi) is 2.73. The number of primary amides is 1. The molecule has 0 aromatic carbocycles. The second-order valence-electron chi connectivity index (χ2n) is 4.73. The summed E-state index contributed by atoms with van der Waals surface area (Å²) in [7, 11) is 0. The van der Waals surface area contributed by atoms with Crippen molar-refractivity contribution in [3.05, 3.63) is 28.8 Å². The van der Waals surface area contributed by atoms with Crippen molar-refractivity contribution in [1.82, 2.24) is 19.4 Å². The highest BCUT2D eigenvalue weighted by Crippen LogP contribution is 2.23. The molecular weight excluding hydrogens is 246 g/mol.